The van der Waals surface area contributed by atoms with Crippen LogP contribution in [0.1, 0.15) is 110 Å². The number of halogens is 3. The van der Waals surface area contributed by atoms with Gasteiger partial charge in [-0.15, -0.1) is 0 Å². The first-order chi connectivity index (χ1) is 14.0. The van der Waals surface area contributed by atoms with Crippen LogP contribution in [0, 0.1) is 0 Å². The van der Waals surface area contributed by atoms with E-state index in [0.29, 0.717) is 21.5 Å². The van der Waals surface area contributed by atoms with Gasteiger partial charge in [0.05, 0.1) is 15.1 Å². The quantitative estimate of drug-likeness (QED) is 0.0994. The molecule has 0 unspecified atom stereocenters. The van der Waals surface area contributed by atoms with E-state index >= 15 is 0 Å². The molecule has 0 heterocycles. The zero-order valence-corrected chi connectivity index (χ0v) is 20.2. The first-order valence-electron chi connectivity index (χ1n) is 11.4. The van der Waals surface area contributed by atoms with E-state index in [1.807, 2.05) is 0 Å². The molecule has 0 saturated heterocycles. The third-order valence-electron chi connectivity index (χ3n) is 5.18. The van der Waals surface area contributed by atoms with Crippen LogP contribution in [0.15, 0.2) is 12.1 Å². The van der Waals surface area contributed by atoms with Crippen molar-refractivity contribution in [1.29, 1.82) is 0 Å². The molecule has 0 atom stereocenters. The van der Waals surface area contributed by atoms with Gasteiger partial charge in [-0.3, -0.25) is 4.79 Å². The van der Waals surface area contributed by atoms with E-state index in [9.17, 15) is 4.79 Å². The zero-order valence-electron chi connectivity index (χ0n) is 17.9. The molecule has 0 fully saturated rings. The lowest BCUT2D eigenvalue weighted by atomic mass is 10.0. The molecule has 1 aromatic carbocycles. The molecule has 0 radical (unpaired) electrons. The monoisotopic (exact) mass is 462 g/mol. The number of ether oxygens (including phenoxy) is 1. The second-order valence-electron chi connectivity index (χ2n) is 7.87. The Labute approximate surface area is 192 Å². The molecule has 0 saturated carbocycles. The highest BCUT2D eigenvalue weighted by atomic mass is 35.5. The molecular weight excluding hydrogens is 427 g/mol. The Balaban J connectivity index is 1.92. The minimum atomic E-state index is -0.278. The average molecular weight is 464 g/mol. The minimum absolute atomic E-state index is 0.270. The van der Waals surface area contributed by atoms with Crippen molar-refractivity contribution in [2.45, 2.75) is 110 Å². The maximum absolute atomic E-state index is 11.9. The van der Waals surface area contributed by atoms with E-state index in [-0.39, 0.29) is 11.7 Å². The summed E-state index contributed by atoms with van der Waals surface area (Å²) in [6.07, 6.45) is 19.9. The Kier molecular flexibility index (Phi) is 15.8. The average Bonchev–Trinajstić information content (AvgIpc) is 2.69. The fraction of sp³-hybridized carbons (Fsp3) is 0.708. The SMILES string of the molecule is CCCCCCCCCCCCCCCCCC(=O)Oc1cc(Cl)c(Cl)cc1Cl. The molecule has 0 N–H and O–H groups in total. The fourth-order valence-electron chi connectivity index (χ4n) is 3.40. The standard InChI is InChI=1S/C24H37Cl3O2/c1-2-3-4-5-6-7-8-9-10-11-12-13-14-15-16-17-24(28)29-23-19-21(26)20(25)18-22(23)27/h18-19H,2-17H2,1H3. The van der Waals surface area contributed by atoms with Crippen LogP contribution >= 0.6 is 34.8 Å². The number of esters is 1. The van der Waals surface area contributed by atoms with Crippen molar-refractivity contribution in [2.24, 2.45) is 0 Å². The second-order valence-corrected chi connectivity index (χ2v) is 9.09. The number of hydrogen-bond acceptors (Lipinski definition) is 2. The summed E-state index contributed by atoms with van der Waals surface area (Å²) >= 11 is 17.8. The van der Waals surface area contributed by atoms with E-state index < -0.39 is 0 Å². The molecule has 5 heteroatoms. The second kappa shape index (κ2) is 17.3. The Morgan fingerprint density at radius 1 is 0.655 bits per heavy atom. The van der Waals surface area contributed by atoms with Gasteiger partial charge in [0.2, 0.25) is 0 Å². The molecule has 0 aromatic heterocycles. The molecule has 0 spiro atoms. The number of benzene rings is 1. The maximum atomic E-state index is 11.9. The molecule has 0 aliphatic heterocycles. The normalized spacial score (nSPS) is 11.0. The van der Waals surface area contributed by atoms with Crippen LogP contribution in [0.2, 0.25) is 15.1 Å². The topological polar surface area (TPSA) is 26.3 Å². The van der Waals surface area contributed by atoms with Gasteiger partial charge in [-0.05, 0) is 12.5 Å². The van der Waals surface area contributed by atoms with Crippen LogP contribution in [0.3, 0.4) is 0 Å². The summed E-state index contributed by atoms with van der Waals surface area (Å²) in [7, 11) is 0. The molecule has 1 rings (SSSR count). The van der Waals surface area contributed by atoms with Crippen LogP contribution in [0.25, 0.3) is 0 Å². The van der Waals surface area contributed by atoms with Gasteiger partial charge < -0.3 is 4.74 Å². The van der Waals surface area contributed by atoms with Gasteiger partial charge in [0.15, 0.2) is 5.75 Å². The molecule has 0 aliphatic carbocycles. The lowest BCUT2D eigenvalue weighted by Crippen LogP contribution is -2.07. The van der Waals surface area contributed by atoms with Crippen molar-refractivity contribution >= 4 is 40.8 Å². The molecule has 0 aliphatic rings. The summed E-state index contributed by atoms with van der Waals surface area (Å²) in [5.41, 5.74) is 0. The number of hydrogen-bond donors (Lipinski definition) is 0. The predicted octanol–water partition coefficient (Wildman–Crippen LogP) is 9.81. The highest BCUT2D eigenvalue weighted by molar-refractivity contribution is 6.43. The summed E-state index contributed by atoms with van der Waals surface area (Å²) < 4.78 is 5.29. The van der Waals surface area contributed by atoms with Crippen LogP contribution in [0.5, 0.6) is 5.75 Å². The summed E-state index contributed by atoms with van der Waals surface area (Å²) in [4.78, 5) is 11.9. The molecular formula is C24H37Cl3O2. The van der Waals surface area contributed by atoms with Gasteiger partial charge in [-0.1, -0.05) is 132 Å². The first kappa shape index (κ1) is 26.6. The molecule has 0 amide bonds. The van der Waals surface area contributed by atoms with E-state index in [1.54, 1.807) is 0 Å². The van der Waals surface area contributed by atoms with Crippen LogP contribution in [0.4, 0.5) is 0 Å². The maximum Gasteiger partial charge on any atom is 0.311 e. The number of carbonyl (C=O) groups is 1. The molecule has 2 nitrogen and oxygen atoms in total. The lowest BCUT2D eigenvalue weighted by Gasteiger charge is -2.08. The third kappa shape index (κ3) is 13.5. The van der Waals surface area contributed by atoms with Crippen molar-refractivity contribution in [2.75, 3.05) is 0 Å². The van der Waals surface area contributed by atoms with Crippen LogP contribution in [-0.2, 0) is 4.79 Å². The summed E-state index contributed by atoms with van der Waals surface area (Å²) in [6.45, 7) is 2.27. The highest BCUT2D eigenvalue weighted by Crippen LogP contribution is 2.34. The van der Waals surface area contributed by atoms with Crippen LogP contribution < -0.4 is 4.74 Å². The molecule has 29 heavy (non-hydrogen) atoms. The smallest absolute Gasteiger partial charge is 0.311 e. The molecule has 0 bridgehead atoms. The number of carbonyl (C=O) groups excluding carboxylic acids is 1. The van der Waals surface area contributed by atoms with Crippen molar-refractivity contribution in [1.82, 2.24) is 0 Å². The minimum Gasteiger partial charge on any atom is -0.425 e. The van der Waals surface area contributed by atoms with Crippen molar-refractivity contribution in [3.63, 3.8) is 0 Å². The Bertz CT molecular complexity index is 575. The van der Waals surface area contributed by atoms with Crippen molar-refractivity contribution in [3.8, 4) is 5.75 Å². The van der Waals surface area contributed by atoms with Gasteiger partial charge in [-0.25, -0.2) is 0 Å². The van der Waals surface area contributed by atoms with Crippen molar-refractivity contribution in [3.05, 3.63) is 27.2 Å². The fourth-order valence-corrected chi connectivity index (χ4v) is 3.97. The first-order valence-corrected chi connectivity index (χ1v) is 12.5. The van der Waals surface area contributed by atoms with E-state index in [0.717, 1.165) is 12.8 Å². The van der Waals surface area contributed by atoms with Gasteiger partial charge in [0.1, 0.15) is 0 Å². The van der Waals surface area contributed by atoms with E-state index in [4.69, 9.17) is 39.5 Å². The lowest BCUT2D eigenvalue weighted by molar-refractivity contribution is -0.134. The Hall–Kier alpha value is -0.440. The van der Waals surface area contributed by atoms with Gasteiger partial charge in [-0.2, -0.15) is 0 Å². The number of rotatable bonds is 17. The summed E-state index contributed by atoms with van der Waals surface area (Å²) in [5, 5.41) is 0.967. The van der Waals surface area contributed by atoms with Gasteiger partial charge in [0.25, 0.3) is 0 Å². The summed E-state index contributed by atoms with van der Waals surface area (Å²) in [6, 6.07) is 2.97. The zero-order chi connectivity index (χ0) is 21.3. The predicted molar refractivity (Wildman–Crippen MR) is 127 cm³/mol. The Morgan fingerprint density at radius 3 is 1.55 bits per heavy atom. The number of unbranched alkanes of at least 4 members (excludes halogenated alkanes) is 14. The van der Waals surface area contributed by atoms with Gasteiger partial charge >= 0.3 is 5.97 Å². The van der Waals surface area contributed by atoms with E-state index in [1.165, 1.54) is 95.6 Å². The summed E-state index contributed by atoms with van der Waals surface area (Å²) in [5.74, 6) is -0.00740. The van der Waals surface area contributed by atoms with Gasteiger partial charge in [0, 0.05) is 12.5 Å². The molecule has 166 valence electrons. The molecule has 1 aromatic rings. The van der Waals surface area contributed by atoms with Crippen LogP contribution in [-0.4, -0.2) is 5.97 Å². The Morgan fingerprint density at radius 2 is 1.07 bits per heavy atom. The largest absolute Gasteiger partial charge is 0.425 e. The third-order valence-corrected chi connectivity index (χ3v) is 6.20. The highest BCUT2D eigenvalue weighted by Gasteiger charge is 2.11. The van der Waals surface area contributed by atoms with E-state index in [2.05, 4.69) is 6.92 Å². The van der Waals surface area contributed by atoms with Crippen molar-refractivity contribution < 1.29 is 9.53 Å².